The Hall–Kier alpha value is -2.04. The number of nitrogens with one attached hydrogen (secondary N) is 3. The Morgan fingerprint density at radius 1 is 1.10 bits per heavy atom. The van der Waals surface area contributed by atoms with Gasteiger partial charge in [-0.05, 0) is 50.3 Å². The van der Waals surface area contributed by atoms with E-state index in [1.807, 2.05) is 25.1 Å². The Kier molecular flexibility index (Phi) is 3.34. The molecule has 0 saturated heterocycles. The fraction of sp³-hybridized carbons (Fsp3) is 0.467. The van der Waals surface area contributed by atoms with Crippen LogP contribution in [0.5, 0.6) is 0 Å². The Labute approximate surface area is 118 Å². The van der Waals surface area contributed by atoms with Crippen molar-refractivity contribution in [2.45, 2.75) is 38.6 Å². The first-order valence-corrected chi connectivity index (χ1v) is 7.11. The second-order valence-corrected chi connectivity index (χ2v) is 5.67. The zero-order valence-electron chi connectivity index (χ0n) is 11.5. The molecule has 0 aromatic heterocycles. The molecule has 3 amide bonds. The Balaban J connectivity index is 1.65. The maximum absolute atomic E-state index is 11.8. The van der Waals surface area contributed by atoms with Crippen LogP contribution in [0.1, 0.15) is 31.2 Å². The van der Waals surface area contributed by atoms with Crippen LogP contribution in [0.3, 0.4) is 0 Å². The number of benzene rings is 1. The van der Waals surface area contributed by atoms with Crippen LogP contribution in [-0.4, -0.2) is 18.0 Å². The summed E-state index contributed by atoms with van der Waals surface area (Å²) in [6.07, 6.45) is 4.08. The molecule has 3 rings (SSSR count). The van der Waals surface area contributed by atoms with Gasteiger partial charge in [-0.1, -0.05) is 6.07 Å². The lowest BCUT2D eigenvalue weighted by atomic mass is 10.1. The third-order valence-electron chi connectivity index (χ3n) is 3.61. The average Bonchev–Trinajstić information content (AvgIpc) is 3.25. The first kappa shape index (κ1) is 13.0. The topological polar surface area (TPSA) is 70.2 Å². The second kappa shape index (κ2) is 5.15. The van der Waals surface area contributed by atoms with Gasteiger partial charge in [0.2, 0.25) is 5.91 Å². The molecule has 20 heavy (non-hydrogen) atoms. The van der Waals surface area contributed by atoms with E-state index in [0.29, 0.717) is 6.04 Å². The zero-order valence-corrected chi connectivity index (χ0v) is 11.5. The number of aryl methyl sites for hydroxylation is 1. The van der Waals surface area contributed by atoms with Gasteiger partial charge in [-0.2, -0.15) is 0 Å². The average molecular weight is 273 g/mol. The van der Waals surface area contributed by atoms with Gasteiger partial charge in [0.1, 0.15) is 0 Å². The van der Waals surface area contributed by atoms with Gasteiger partial charge < -0.3 is 16.0 Å². The predicted octanol–water partition coefficient (Wildman–Crippen LogP) is 2.63. The molecule has 2 aliphatic carbocycles. The lowest BCUT2D eigenvalue weighted by molar-refractivity contribution is -0.117. The third-order valence-corrected chi connectivity index (χ3v) is 3.61. The molecular weight excluding hydrogens is 254 g/mol. The summed E-state index contributed by atoms with van der Waals surface area (Å²) in [5.74, 6) is 0.244. The van der Waals surface area contributed by atoms with Crippen LogP contribution in [0.2, 0.25) is 0 Å². The van der Waals surface area contributed by atoms with Gasteiger partial charge >= 0.3 is 6.03 Å². The summed E-state index contributed by atoms with van der Waals surface area (Å²) in [5.41, 5.74) is 2.44. The van der Waals surface area contributed by atoms with Crippen molar-refractivity contribution in [3.05, 3.63) is 23.8 Å². The predicted molar refractivity (Wildman–Crippen MR) is 77.7 cm³/mol. The Morgan fingerprint density at radius 3 is 2.50 bits per heavy atom. The van der Waals surface area contributed by atoms with Crippen molar-refractivity contribution >= 4 is 23.3 Å². The van der Waals surface area contributed by atoms with E-state index in [1.165, 1.54) is 0 Å². The Bertz CT molecular complexity index is 548. The third kappa shape index (κ3) is 3.29. The van der Waals surface area contributed by atoms with E-state index in [2.05, 4.69) is 16.0 Å². The van der Waals surface area contributed by atoms with E-state index in [-0.39, 0.29) is 17.9 Å². The summed E-state index contributed by atoms with van der Waals surface area (Å²) in [5, 5.41) is 8.61. The monoisotopic (exact) mass is 273 g/mol. The molecule has 0 aliphatic heterocycles. The highest BCUT2D eigenvalue weighted by atomic mass is 16.2. The number of carbonyl (C=O) groups is 2. The highest BCUT2D eigenvalue weighted by molar-refractivity contribution is 5.96. The maximum Gasteiger partial charge on any atom is 0.319 e. The molecule has 0 unspecified atom stereocenters. The number of hydrogen-bond donors (Lipinski definition) is 3. The number of urea groups is 1. The smallest absolute Gasteiger partial charge is 0.319 e. The van der Waals surface area contributed by atoms with Crippen LogP contribution in [0, 0.1) is 12.8 Å². The van der Waals surface area contributed by atoms with E-state index in [0.717, 1.165) is 42.6 Å². The molecule has 106 valence electrons. The zero-order chi connectivity index (χ0) is 14.1. The normalized spacial score (nSPS) is 17.4. The molecule has 2 saturated carbocycles. The number of hydrogen-bond acceptors (Lipinski definition) is 2. The van der Waals surface area contributed by atoms with E-state index < -0.39 is 0 Å². The summed E-state index contributed by atoms with van der Waals surface area (Å²) in [6, 6.07) is 5.71. The molecule has 5 heteroatoms. The van der Waals surface area contributed by atoms with E-state index in [9.17, 15) is 9.59 Å². The maximum atomic E-state index is 11.8. The fourth-order valence-corrected chi connectivity index (χ4v) is 2.00. The molecule has 1 aromatic carbocycles. The Morgan fingerprint density at radius 2 is 1.85 bits per heavy atom. The summed E-state index contributed by atoms with van der Waals surface area (Å²) in [6.45, 7) is 1.93. The van der Waals surface area contributed by atoms with Gasteiger partial charge in [-0.15, -0.1) is 0 Å². The van der Waals surface area contributed by atoms with Crippen molar-refractivity contribution in [3.63, 3.8) is 0 Å². The molecule has 0 atom stereocenters. The van der Waals surface area contributed by atoms with Crippen LogP contribution in [0.15, 0.2) is 18.2 Å². The van der Waals surface area contributed by atoms with Crippen LogP contribution in [0.25, 0.3) is 0 Å². The first-order valence-electron chi connectivity index (χ1n) is 7.11. The number of anilines is 2. The van der Waals surface area contributed by atoms with Gasteiger partial charge in [0, 0.05) is 23.3 Å². The molecule has 0 bridgehead atoms. The van der Waals surface area contributed by atoms with Crippen molar-refractivity contribution in [2.24, 2.45) is 5.92 Å². The number of rotatable bonds is 4. The molecule has 0 heterocycles. The van der Waals surface area contributed by atoms with Crippen molar-refractivity contribution in [1.82, 2.24) is 5.32 Å². The quantitative estimate of drug-likeness (QED) is 0.789. The largest absolute Gasteiger partial charge is 0.335 e. The van der Waals surface area contributed by atoms with Crippen LogP contribution in [0.4, 0.5) is 16.2 Å². The van der Waals surface area contributed by atoms with Gasteiger partial charge in [0.05, 0.1) is 0 Å². The van der Waals surface area contributed by atoms with Gasteiger partial charge in [0.15, 0.2) is 0 Å². The molecular formula is C15H19N3O2. The van der Waals surface area contributed by atoms with E-state index in [1.54, 1.807) is 0 Å². The molecule has 0 radical (unpaired) electrons. The minimum absolute atomic E-state index is 0.0715. The van der Waals surface area contributed by atoms with Crippen molar-refractivity contribution < 1.29 is 9.59 Å². The van der Waals surface area contributed by atoms with E-state index in [4.69, 9.17) is 0 Å². The first-order chi connectivity index (χ1) is 9.61. The van der Waals surface area contributed by atoms with Gasteiger partial charge in [-0.3, -0.25) is 4.79 Å². The molecule has 1 aromatic rings. The van der Waals surface area contributed by atoms with E-state index >= 15 is 0 Å². The summed E-state index contributed by atoms with van der Waals surface area (Å²) < 4.78 is 0. The molecule has 2 aliphatic rings. The van der Waals surface area contributed by atoms with Crippen LogP contribution >= 0.6 is 0 Å². The van der Waals surface area contributed by atoms with Crippen molar-refractivity contribution in [1.29, 1.82) is 0 Å². The molecule has 2 fully saturated rings. The standard InChI is InChI=1S/C15H19N3O2/c1-9-2-5-12(16-14(19)10-3-4-10)8-13(9)18-15(20)17-11-6-7-11/h2,5,8,10-11H,3-4,6-7H2,1H3,(H,16,19)(H2,17,18,20). The minimum atomic E-state index is -0.179. The van der Waals surface area contributed by atoms with Crippen molar-refractivity contribution in [3.8, 4) is 0 Å². The summed E-state index contributed by atoms with van der Waals surface area (Å²) in [7, 11) is 0. The van der Waals surface area contributed by atoms with Gasteiger partial charge in [0.25, 0.3) is 0 Å². The lowest BCUT2D eigenvalue weighted by Crippen LogP contribution is -2.30. The fourth-order valence-electron chi connectivity index (χ4n) is 2.00. The SMILES string of the molecule is Cc1ccc(NC(=O)C2CC2)cc1NC(=O)NC1CC1. The highest BCUT2D eigenvalue weighted by Crippen LogP contribution is 2.30. The van der Waals surface area contributed by atoms with Crippen LogP contribution < -0.4 is 16.0 Å². The highest BCUT2D eigenvalue weighted by Gasteiger charge is 2.29. The summed E-state index contributed by atoms with van der Waals surface area (Å²) >= 11 is 0. The molecule has 3 N–H and O–H groups in total. The minimum Gasteiger partial charge on any atom is -0.335 e. The number of carbonyl (C=O) groups excluding carboxylic acids is 2. The van der Waals surface area contributed by atoms with Crippen LogP contribution in [-0.2, 0) is 4.79 Å². The summed E-state index contributed by atoms with van der Waals surface area (Å²) in [4.78, 5) is 23.5. The lowest BCUT2D eigenvalue weighted by Gasteiger charge is -2.12. The molecule has 5 nitrogen and oxygen atoms in total. The van der Waals surface area contributed by atoms with Gasteiger partial charge in [-0.25, -0.2) is 4.79 Å². The van der Waals surface area contributed by atoms with Crippen molar-refractivity contribution in [2.75, 3.05) is 10.6 Å². The second-order valence-electron chi connectivity index (χ2n) is 5.67. The number of amides is 3. The molecule has 0 spiro atoms.